The first-order valence-electron chi connectivity index (χ1n) is 9.17. The number of carbonyl (C=O) groups is 1. The molecule has 2 aromatic carbocycles. The minimum absolute atomic E-state index is 0.440. The molecule has 0 saturated carbocycles. The zero-order chi connectivity index (χ0) is 17.9. The van der Waals surface area contributed by atoms with Crippen molar-refractivity contribution in [2.75, 3.05) is 7.11 Å². The third-order valence-corrected chi connectivity index (χ3v) is 5.16. The van der Waals surface area contributed by atoms with Gasteiger partial charge < -0.3 is 14.0 Å². The number of aromatic nitrogens is 1. The highest BCUT2D eigenvalue weighted by atomic mass is 16.5. The zero-order valence-corrected chi connectivity index (χ0v) is 15.0. The molecule has 1 aromatic heterocycles. The van der Waals surface area contributed by atoms with E-state index >= 15 is 0 Å². The number of ether oxygens (including phenoxy) is 2. The van der Waals surface area contributed by atoms with Crippen LogP contribution in [0.2, 0.25) is 0 Å². The summed E-state index contributed by atoms with van der Waals surface area (Å²) in [4.78, 5) is 12.0. The highest BCUT2D eigenvalue weighted by molar-refractivity contribution is 6.04. The average molecular weight is 349 g/mol. The van der Waals surface area contributed by atoms with E-state index in [-0.39, 0.29) is 0 Å². The van der Waals surface area contributed by atoms with Crippen LogP contribution in [0.15, 0.2) is 42.5 Å². The fraction of sp³-hybridized carbons (Fsp3) is 0.318. The van der Waals surface area contributed by atoms with Crippen molar-refractivity contribution in [3.8, 4) is 11.5 Å². The van der Waals surface area contributed by atoms with Gasteiger partial charge in [0.2, 0.25) is 0 Å². The van der Waals surface area contributed by atoms with Crippen LogP contribution in [0.5, 0.6) is 11.5 Å². The molecule has 0 bridgehead atoms. The predicted molar refractivity (Wildman–Crippen MR) is 102 cm³/mol. The van der Waals surface area contributed by atoms with Gasteiger partial charge in [-0.3, -0.25) is 4.79 Å². The molecular weight excluding hydrogens is 326 g/mol. The van der Waals surface area contributed by atoms with Crippen LogP contribution in [0.3, 0.4) is 0 Å². The van der Waals surface area contributed by atoms with Crippen molar-refractivity contribution in [3.05, 3.63) is 59.3 Å². The lowest BCUT2D eigenvalue weighted by Crippen LogP contribution is -2.01. The molecule has 4 heteroatoms. The number of fused-ring (bicyclic) bond motifs is 3. The molecule has 0 unspecified atom stereocenters. The highest BCUT2D eigenvalue weighted by Crippen LogP contribution is 2.41. The van der Waals surface area contributed by atoms with E-state index in [1.807, 2.05) is 42.5 Å². The summed E-state index contributed by atoms with van der Waals surface area (Å²) in [5.74, 6) is 1.33. The van der Waals surface area contributed by atoms with Crippen LogP contribution in [0.1, 0.15) is 40.9 Å². The molecule has 4 rings (SSSR count). The molecule has 1 aliphatic rings. The summed E-state index contributed by atoms with van der Waals surface area (Å²) in [5, 5.41) is 0.882. The van der Waals surface area contributed by atoms with Crippen LogP contribution in [0.25, 0.3) is 10.9 Å². The van der Waals surface area contributed by atoms with Crippen LogP contribution < -0.4 is 9.47 Å². The molecule has 1 aliphatic heterocycles. The number of aryl methyl sites for hydroxylation is 1. The van der Waals surface area contributed by atoms with Gasteiger partial charge in [-0.1, -0.05) is 36.8 Å². The van der Waals surface area contributed by atoms with Gasteiger partial charge in [0.1, 0.15) is 6.61 Å². The Balaban J connectivity index is 1.85. The Morgan fingerprint density at radius 1 is 1.08 bits per heavy atom. The number of hydrogen-bond acceptors (Lipinski definition) is 3. The van der Waals surface area contributed by atoms with Gasteiger partial charge in [-0.15, -0.1) is 0 Å². The number of rotatable bonds is 5. The summed E-state index contributed by atoms with van der Waals surface area (Å²) < 4.78 is 14.0. The largest absolute Gasteiger partial charge is 0.493 e. The fourth-order valence-electron chi connectivity index (χ4n) is 3.90. The second-order valence-electron chi connectivity index (χ2n) is 6.71. The summed E-state index contributed by atoms with van der Waals surface area (Å²) in [6.07, 6.45) is 5.38. The van der Waals surface area contributed by atoms with Gasteiger partial charge in [0, 0.05) is 17.8 Å². The standard InChI is InChI=1S/C22H23NO3/c1-25-20-12-11-19-21(22(20)26-15-16-8-4-2-5-9-16)17(14-24)18-10-6-3-7-13-23(18)19/h2,4-5,8-9,11-12,14H,3,6-7,10,13,15H2,1H3. The van der Waals surface area contributed by atoms with E-state index in [0.29, 0.717) is 18.1 Å². The Labute approximate surface area is 153 Å². The van der Waals surface area contributed by atoms with Gasteiger partial charge in [-0.25, -0.2) is 0 Å². The molecule has 134 valence electrons. The number of aldehydes is 1. The Hall–Kier alpha value is -2.75. The molecule has 2 heterocycles. The first-order chi connectivity index (χ1) is 12.8. The molecular formula is C22H23NO3. The Kier molecular flexibility index (Phi) is 4.65. The topological polar surface area (TPSA) is 40.5 Å². The highest BCUT2D eigenvalue weighted by Gasteiger charge is 2.23. The fourth-order valence-corrected chi connectivity index (χ4v) is 3.90. The molecule has 0 saturated heterocycles. The maximum absolute atomic E-state index is 12.0. The van der Waals surface area contributed by atoms with Gasteiger partial charge >= 0.3 is 0 Å². The number of benzene rings is 2. The molecule has 4 nitrogen and oxygen atoms in total. The molecule has 3 aromatic rings. The molecule has 0 aliphatic carbocycles. The van der Waals surface area contributed by atoms with Crippen LogP contribution in [-0.2, 0) is 19.6 Å². The molecule has 26 heavy (non-hydrogen) atoms. The van der Waals surface area contributed by atoms with Crippen LogP contribution in [0, 0.1) is 0 Å². The number of carbonyl (C=O) groups excluding carboxylic acids is 1. The molecule has 0 spiro atoms. The smallest absolute Gasteiger partial charge is 0.171 e. The monoisotopic (exact) mass is 349 g/mol. The van der Waals surface area contributed by atoms with Crippen LogP contribution in [-0.4, -0.2) is 18.0 Å². The summed E-state index contributed by atoms with van der Waals surface area (Å²) in [7, 11) is 1.64. The van der Waals surface area contributed by atoms with Crippen molar-refractivity contribution in [1.29, 1.82) is 0 Å². The van der Waals surface area contributed by atoms with Crippen LogP contribution >= 0.6 is 0 Å². The van der Waals surface area contributed by atoms with E-state index in [1.165, 1.54) is 6.42 Å². The number of hydrogen-bond donors (Lipinski definition) is 0. The normalized spacial score (nSPS) is 13.9. The van der Waals surface area contributed by atoms with E-state index in [1.54, 1.807) is 7.11 Å². The van der Waals surface area contributed by atoms with Gasteiger partial charge in [0.05, 0.1) is 18.0 Å². The average Bonchev–Trinajstić information content (AvgIpc) is 2.83. The first-order valence-corrected chi connectivity index (χ1v) is 9.17. The Morgan fingerprint density at radius 3 is 2.69 bits per heavy atom. The maximum Gasteiger partial charge on any atom is 0.171 e. The van der Waals surface area contributed by atoms with Crippen molar-refractivity contribution < 1.29 is 14.3 Å². The summed E-state index contributed by atoms with van der Waals surface area (Å²) >= 11 is 0. The van der Waals surface area contributed by atoms with Crippen molar-refractivity contribution in [2.24, 2.45) is 0 Å². The minimum Gasteiger partial charge on any atom is -0.493 e. The van der Waals surface area contributed by atoms with Crippen LogP contribution in [0.4, 0.5) is 0 Å². The van der Waals surface area contributed by atoms with E-state index in [9.17, 15) is 4.79 Å². The molecule has 0 radical (unpaired) electrons. The van der Waals surface area contributed by atoms with E-state index in [2.05, 4.69) is 4.57 Å². The second kappa shape index (κ2) is 7.24. The minimum atomic E-state index is 0.440. The summed E-state index contributed by atoms with van der Waals surface area (Å²) in [5.41, 5.74) is 4.03. The Morgan fingerprint density at radius 2 is 1.92 bits per heavy atom. The molecule has 0 amide bonds. The van der Waals surface area contributed by atoms with Gasteiger partial charge in [0.25, 0.3) is 0 Å². The van der Waals surface area contributed by atoms with Gasteiger partial charge in [-0.2, -0.15) is 0 Å². The number of methoxy groups -OCH3 is 1. The SMILES string of the molecule is COc1ccc2c(c(C=O)c3n2CCCCC3)c1OCc1ccccc1. The van der Waals surface area contributed by atoms with E-state index in [4.69, 9.17) is 9.47 Å². The third kappa shape index (κ3) is 2.85. The lowest BCUT2D eigenvalue weighted by Gasteiger charge is -2.13. The first kappa shape index (κ1) is 16.7. The Bertz CT molecular complexity index is 928. The summed E-state index contributed by atoms with van der Waals surface area (Å²) in [6.45, 7) is 1.39. The second-order valence-corrected chi connectivity index (χ2v) is 6.71. The van der Waals surface area contributed by atoms with Crippen molar-refractivity contribution in [2.45, 2.75) is 38.8 Å². The molecule has 0 fully saturated rings. The van der Waals surface area contributed by atoms with Crippen molar-refractivity contribution in [1.82, 2.24) is 4.57 Å². The molecule has 0 atom stereocenters. The summed E-state index contributed by atoms with van der Waals surface area (Å²) in [6, 6.07) is 14.0. The zero-order valence-electron chi connectivity index (χ0n) is 15.0. The quantitative estimate of drug-likeness (QED) is 0.623. The lowest BCUT2D eigenvalue weighted by molar-refractivity contribution is 0.112. The molecule has 0 N–H and O–H groups in total. The van der Waals surface area contributed by atoms with Gasteiger partial charge in [0.15, 0.2) is 17.8 Å². The predicted octanol–water partition coefficient (Wildman–Crippen LogP) is 4.77. The van der Waals surface area contributed by atoms with Crippen molar-refractivity contribution >= 4 is 17.2 Å². The van der Waals surface area contributed by atoms with Crippen molar-refractivity contribution in [3.63, 3.8) is 0 Å². The van der Waals surface area contributed by atoms with E-state index < -0.39 is 0 Å². The van der Waals surface area contributed by atoms with Gasteiger partial charge in [-0.05, 0) is 37.0 Å². The third-order valence-electron chi connectivity index (χ3n) is 5.16. The maximum atomic E-state index is 12.0. The lowest BCUT2D eigenvalue weighted by atomic mass is 10.1. The van der Waals surface area contributed by atoms with E-state index in [0.717, 1.165) is 59.8 Å². The number of nitrogens with zero attached hydrogens (tertiary/aromatic N) is 1.